The van der Waals surface area contributed by atoms with Crippen molar-refractivity contribution in [2.45, 2.75) is 42.7 Å². The van der Waals surface area contributed by atoms with Crippen LogP contribution in [0.5, 0.6) is 5.75 Å². The minimum atomic E-state index is -3.77. The van der Waals surface area contributed by atoms with E-state index in [1.165, 1.54) is 12.1 Å². The average Bonchev–Trinajstić information content (AvgIpc) is 2.66. The number of hydrogen-bond donors (Lipinski definition) is 2. The van der Waals surface area contributed by atoms with Crippen LogP contribution in [0.1, 0.15) is 36.3 Å². The molecule has 0 aliphatic carbocycles. The number of carbonyl (C=O) groups excluding carboxylic acids is 1. The van der Waals surface area contributed by atoms with Crippen molar-refractivity contribution in [2.24, 2.45) is 10.7 Å². The molecule has 6 nitrogen and oxygen atoms in total. The fourth-order valence-electron chi connectivity index (χ4n) is 3.33. The van der Waals surface area contributed by atoms with Crippen LogP contribution in [0.2, 0.25) is 0 Å². The molecule has 166 valence electrons. The number of nitrogens with two attached hydrogens (primary N) is 1. The van der Waals surface area contributed by atoms with Gasteiger partial charge in [0.25, 0.3) is 11.8 Å². The van der Waals surface area contributed by atoms with Crippen molar-refractivity contribution in [3.05, 3.63) is 53.6 Å². The topological polar surface area (TPSA) is 89.6 Å². The van der Waals surface area contributed by atoms with Crippen molar-refractivity contribution in [3.63, 3.8) is 0 Å². The van der Waals surface area contributed by atoms with Gasteiger partial charge in [0.15, 0.2) is 11.2 Å². The number of rotatable bonds is 5. The SMILES string of the molecule is [B]C([B])([B])Oc1ccc(C(=O)Nc2ccc(F)c([C@@]3(C)N=C(N)[C@@](C)(F)CC3(F)F)c2)nc1. The van der Waals surface area contributed by atoms with Crippen LogP contribution in [-0.2, 0) is 5.54 Å². The average molecular weight is 454 g/mol. The molecule has 0 bridgehead atoms. The van der Waals surface area contributed by atoms with Crippen molar-refractivity contribution in [2.75, 3.05) is 5.32 Å². The summed E-state index contributed by atoms with van der Waals surface area (Å²) < 4.78 is 63.7. The van der Waals surface area contributed by atoms with E-state index < -0.39 is 52.0 Å². The van der Waals surface area contributed by atoms with Gasteiger partial charge in [0.05, 0.1) is 12.6 Å². The summed E-state index contributed by atoms with van der Waals surface area (Å²) in [6.45, 7) is 1.83. The highest BCUT2D eigenvalue weighted by atomic mass is 19.3. The van der Waals surface area contributed by atoms with Gasteiger partial charge in [0, 0.05) is 11.3 Å². The molecule has 2 heterocycles. The lowest BCUT2D eigenvalue weighted by Crippen LogP contribution is -2.56. The molecule has 1 aliphatic heterocycles. The van der Waals surface area contributed by atoms with Crippen LogP contribution in [0.3, 0.4) is 0 Å². The molecular formula is C20H17B3F4N4O2. The molecule has 3 rings (SSSR count). The van der Waals surface area contributed by atoms with Gasteiger partial charge >= 0.3 is 0 Å². The third-order valence-electron chi connectivity index (χ3n) is 5.16. The van der Waals surface area contributed by atoms with E-state index in [-0.39, 0.29) is 17.1 Å². The second kappa shape index (κ2) is 8.11. The van der Waals surface area contributed by atoms with E-state index in [1.807, 2.05) is 0 Å². The number of amidine groups is 1. The number of amides is 1. The molecule has 2 atom stereocenters. The van der Waals surface area contributed by atoms with Gasteiger partial charge in [0.1, 0.15) is 46.6 Å². The monoisotopic (exact) mass is 454 g/mol. The maximum atomic E-state index is 14.9. The molecule has 3 N–H and O–H groups in total. The van der Waals surface area contributed by atoms with Crippen molar-refractivity contribution in [1.29, 1.82) is 0 Å². The zero-order valence-corrected chi connectivity index (χ0v) is 17.7. The fourth-order valence-corrected chi connectivity index (χ4v) is 3.33. The lowest BCUT2D eigenvalue weighted by atomic mass is 9.52. The number of anilines is 1. The Kier molecular flexibility index (Phi) is 6.06. The number of benzene rings is 1. The van der Waals surface area contributed by atoms with Gasteiger partial charge in [-0.05, 0) is 49.5 Å². The molecule has 13 heteroatoms. The van der Waals surface area contributed by atoms with E-state index in [0.29, 0.717) is 0 Å². The standard InChI is InChI=1S/C20H17B3F4N4O2/c1-17(25)9-19(26,27)18(2,31-16(17)28)12-7-10(3-5-13(12)24)30-15(32)14-6-4-11(8-29-14)33-20(21,22)23/h3-8H,9H2,1-2H3,(H2,28,31)(H,30,32)/t17-,18+/m0/s1. The predicted molar refractivity (Wildman–Crippen MR) is 117 cm³/mol. The van der Waals surface area contributed by atoms with E-state index >= 15 is 0 Å². The van der Waals surface area contributed by atoms with Crippen molar-refractivity contribution >= 4 is 41.0 Å². The Balaban J connectivity index is 1.89. The summed E-state index contributed by atoms with van der Waals surface area (Å²) >= 11 is 0. The van der Waals surface area contributed by atoms with Crippen LogP contribution in [0, 0.1) is 5.82 Å². The molecule has 0 fully saturated rings. The maximum absolute atomic E-state index is 14.9. The molecule has 0 spiro atoms. The van der Waals surface area contributed by atoms with Gasteiger partial charge in [-0.2, -0.15) is 0 Å². The number of hydrogen-bond acceptors (Lipinski definition) is 5. The lowest BCUT2D eigenvalue weighted by molar-refractivity contribution is -0.106. The minimum absolute atomic E-state index is 0.0252. The van der Waals surface area contributed by atoms with Crippen molar-refractivity contribution in [1.82, 2.24) is 4.98 Å². The molecule has 0 saturated carbocycles. The number of aromatic nitrogens is 1. The fraction of sp³-hybridized carbons (Fsp3) is 0.350. The van der Waals surface area contributed by atoms with Gasteiger partial charge in [-0.25, -0.2) is 22.5 Å². The summed E-state index contributed by atoms with van der Waals surface area (Å²) in [5, 5.41) is 0.477. The summed E-state index contributed by atoms with van der Waals surface area (Å²) in [4.78, 5) is 20.0. The summed E-state index contributed by atoms with van der Waals surface area (Å²) in [5.41, 5.74) is -0.176. The van der Waals surface area contributed by atoms with E-state index in [9.17, 15) is 22.4 Å². The highest BCUT2D eigenvalue weighted by Gasteiger charge is 2.60. The first-order valence-electron chi connectivity index (χ1n) is 9.60. The van der Waals surface area contributed by atoms with Gasteiger partial charge in [-0.15, -0.1) is 0 Å². The van der Waals surface area contributed by atoms with Gasteiger partial charge in [-0.3, -0.25) is 9.79 Å². The van der Waals surface area contributed by atoms with Crippen LogP contribution in [0.4, 0.5) is 23.2 Å². The van der Waals surface area contributed by atoms with E-state index in [2.05, 4.69) is 15.3 Å². The number of pyridine rings is 1. The largest absolute Gasteiger partial charge is 0.514 e. The Bertz CT molecular complexity index is 1110. The van der Waals surface area contributed by atoms with Gasteiger partial charge < -0.3 is 15.8 Å². The molecule has 1 aliphatic rings. The van der Waals surface area contributed by atoms with Crippen LogP contribution in [0.25, 0.3) is 0 Å². The van der Waals surface area contributed by atoms with E-state index in [1.54, 1.807) is 0 Å². The summed E-state index contributed by atoms with van der Waals surface area (Å²) in [5.74, 6) is -6.12. The van der Waals surface area contributed by atoms with Crippen LogP contribution in [-0.4, -0.2) is 57.2 Å². The first kappa shape index (κ1) is 24.7. The number of nitrogens with one attached hydrogen (secondary N) is 1. The highest BCUT2D eigenvalue weighted by Crippen LogP contribution is 2.50. The quantitative estimate of drug-likeness (QED) is 0.537. The third kappa shape index (κ3) is 5.01. The minimum Gasteiger partial charge on any atom is -0.514 e. The number of nitrogens with zero attached hydrogens (tertiary/aromatic N) is 2. The molecule has 33 heavy (non-hydrogen) atoms. The van der Waals surface area contributed by atoms with Gasteiger partial charge in [-0.1, -0.05) is 0 Å². The second-order valence-corrected chi connectivity index (χ2v) is 8.13. The molecule has 1 aromatic carbocycles. The zero-order chi connectivity index (χ0) is 24.8. The van der Waals surface area contributed by atoms with Crippen molar-refractivity contribution < 1.29 is 27.1 Å². The number of aliphatic imine (C=N–C) groups is 1. The van der Waals surface area contributed by atoms with Crippen LogP contribution in [0.15, 0.2) is 41.5 Å². The van der Waals surface area contributed by atoms with Crippen LogP contribution < -0.4 is 15.8 Å². The van der Waals surface area contributed by atoms with Crippen LogP contribution >= 0.6 is 0 Å². The Morgan fingerprint density at radius 3 is 2.42 bits per heavy atom. The molecular weight excluding hydrogens is 437 g/mol. The Hall–Kier alpha value is -2.98. The first-order valence-corrected chi connectivity index (χ1v) is 9.60. The normalized spacial score (nSPS) is 24.6. The smallest absolute Gasteiger partial charge is 0.280 e. The summed E-state index contributed by atoms with van der Waals surface area (Å²) in [6.07, 6.45) is -0.142. The Morgan fingerprint density at radius 2 is 1.85 bits per heavy atom. The second-order valence-electron chi connectivity index (χ2n) is 8.13. The summed E-state index contributed by atoms with van der Waals surface area (Å²) in [6, 6.07) is 5.63. The molecule has 0 saturated heterocycles. The summed E-state index contributed by atoms with van der Waals surface area (Å²) in [7, 11) is 15.9. The molecule has 1 aromatic heterocycles. The number of halogens is 4. The molecule has 2 aromatic rings. The first-order chi connectivity index (χ1) is 15.0. The zero-order valence-electron chi connectivity index (χ0n) is 17.7. The van der Waals surface area contributed by atoms with Crippen molar-refractivity contribution in [3.8, 4) is 5.75 Å². The predicted octanol–water partition coefficient (Wildman–Crippen LogP) is 2.31. The highest BCUT2D eigenvalue weighted by molar-refractivity contribution is 6.58. The number of carbonyl (C=O) groups is 1. The molecule has 1 amide bonds. The van der Waals surface area contributed by atoms with Gasteiger partial charge in [0.2, 0.25) is 0 Å². The Labute approximate surface area is 191 Å². The van der Waals surface area contributed by atoms with E-state index in [4.69, 9.17) is 34.0 Å². The Morgan fingerprint density at radius 1 is 1.18 bits per heavy atom. The number of ether oxygens (including phenoxy) is 1. The molecule has 6 radical (unpaired) electrons. The molecule has 0 unspecified atom stereocenters. The lowest BCUT2D eigenvalue weighted by Gasteiger charge is -2.42. The van der Waals surface area contributed by atoms with E-state index in [0.717, 1.165) is 38.2 Å². The maximum Gasteiger partial charge on any atom is 0.280 e. The number of alkyl halides is 3. The third-order valence-corrected chi connectivity index (χ3v) is 5.16.